The van der Waals surface area contributed by atoms with Gasteiger partial charge in [0.05, 0.1) is 5.76 Å². The maximum atomic E-state index is 10.7. The van der Waals surface area contributed by atoms with Gasteiger partial charge in [0.15, 0.2) is 0 Å². The molecule has 2 N–H and O–H groups in total. The summed E-state index contributed by atoms with van der Waals surface area (Å²) in [6.45, 7) is 5.18. The minimum atomic E-state index is -0.255. The second kappa shape index (κ2) is 3.93. The fourth-order valence-electron chi connectivity index (χ4n) is 0.516. The zero-order valence-corrected chi connectivity index (χ0v) is 6.51. The van der Waals surface area contributed by atoms with Gasteiger partial charge in [-0.3, -0.25) is 4.79 Å². The van der Waals surface area contributed by atoms with E-state index in [0.29, 0.717) is 0 Å². The Kier molecular flexibility index (Phi) is 3.54. The third-order valence-electron chi connectivity index (χ3n) is 0.771. The van der Waals surface area contributed by atoms with Gasteiger partial charge < -0.3 is 10.4 Å². The third kappa shape index (κ3) is 5.15. The second-order valence-corrected chi connectivity index (χ2v) is 2.45. The van der Waals surface area contributed by atoms with Gasteiger partial charge >= 0.3 is 0 Å². The highest BCUT2D eigenvalue weighted by Gasteiger charge is 1.97. The van der Waals surface area contributed by atoms with E-state index >= 15 is 0 Å². The van der Waals surface area contributed by atoms with Crippen molar-refractivity contribution in [3.63, 3.8) is 0 Å². The van der Waals surface area contributed by atoms with E-state index in [1.165, 1.54) is 6.92 Å². The van der Waals surface area contributed by atoms with Crippen molar-refractivity contribution in [2.24, 2.45) is 0 Å². The van der Waals surface area contributed by atoms with Gasteiger partial charge in [-0.15, -0.1) is 0 Å². The zero-order chi connectivity index (χ0) is 8.15. The number of hydrogen-bond acceptors (Lipinski definition) is 2. The Hall–Kier alpha value is -0.990. The van der Waals surface area contributed by atoms with Gasteiger partial charge in [0.1, 0.15) is 0 Å². The van der Waals surface area contributed by atoms with Gasteiger partial charge in [-0.05, 0) is 20.8 Å². The number of aliphatic hydroxyl groups excluding tert-OH is 1. The molecule has 1 amide bonds. The number of rotatable bonds is 2. The summed E-state index contributed by atoms with van der Waals surface area (Å²) in [5.41, 5.74) is 0. The van der Waals surface area contributed by atoms with Crippen LogP contribution in [-0.2, 0) is 4.79 Å². The SMILES string of the molecule is C/C(O)=C/C(=O)NC(C)C. The summed E-state index contributed by atoms with van der Waals surface area (Å²) in [7, 11) is 0. The minimum Gasteiger partial charge on any atom is -0.512 e. The summed E-state index contributed by atoms with van der Waals surface area (Å²) in [4.78, 5) is 10.7. The van der Waals surface area contributed by atoms with Gasteiger partial charge in [0.25, 0.3) is 0 Å². The molecule has 0 aromatic heterocycles. The van der Waals surface area contributed by atoms with E-state index in [9.17, 15) is 4.79 Å². The van der Waals surface area contributed by atoms with Crippen molar-refractivity contribution in [1.29, 1.82) is 0 Å². The lowest BCUT2D eigenvalue weighted by Crippen LogP contribution is -2.28. The van der Waals surface area contributed by atoms with Crippen LogP contribution in [0.5, 0.6) is 0 Å². The van der Waals surface area contributed by atoms with E-state index in [-0.39, 0.29) is 17.7 Å². The third-order valence-corrected chi connectivity index (χ3v) is 0.771. The summed E-state index contributed by atoms with van der Waals surface area (Å²) in [5.74, 6) is -0.229. The first-order valence-electron chi connectivity index (χ1n) is 3.20. The van der Waals surface area contributed by atoms with Gasteiger partial charge in [-0.1, -0.05) is 0 Å². The molecule has 0 aliphatic heterocycles. The van der Waals surface area contributed by atoms with Gasteiger partial charge in [0.2, 0.25) is 5.91 Å². The molecule has 0 rings (SSSR count). The number of carbonyl (C=O) groups is 1. The van der Waals surface area contributed by atoms with Crippen molar-refractivity contribution in [1.82, 2.24) is 5.32 Å². The Morgan fingerprint density at radius 3 is 2.40 bits per heavy atom. The van der Waals surface area contributed by atoms with Gasteiger partial charge in [0, 0.05) is 12.1 Å². The average Bonchev–Trinajstić information content (AvgIpc) is 1.58. The van der Waals surface area contributed by atoms with Crippen molar-refractivity contribution in [3.8, 4) is 0 Å². The molecule has 0 bridgehead atoms. The van der Waals surface area contributed by atoms with Crippen LogP contribution in [0.2, 0.25) is 0 Å². The van der Waals surface area contributed by atoms with Crippen LogP contribution in [0.3, 0.4) is 0 Å². The van der Waals surface area contributed by atoms with E-state index in [4.69, 9.17) is 5.11 Å². The van der Waals surface area contributed by atoms with Crippen molar-refractivity contribution in [2.75, 3.05) is 0 Å². The van der Waals surface area contributed by atoms with Crippen LogP contribution in [0.1, 0.15) is 20.8 Å². The lowest BCUT2D eigenvalue weighted by molar-refractivity contribution is -0.117. The fraction of sp³-hybridized carbons (Fsp3) is 0.571. The number of hydrogen-bond donors (Lipinski definition) is 2. The minimum absolute atomic E-state index is 0.0261. The molecule has 0 unspecified atom stereocenters. The van der Waals surface area contributed by atoms with Crippen molar-refractivity contribution >= 4 is 5.91 Å². The second-order valence-electron chi connectivity index (χ2n) is 2.45. The highest BCUT2D eigenvalue weighted by Crippen LogP contribution is 1.84. The first kappa shape index (κ1) is 9.01. The van der Waals surface area contributed by atoms with E-state index in [0.717, 1.165) is 6.08 Å². The number of aliphatic hydroxyl groups is 1. The molecule has 0 aliphatic carbocycles. The summed E-state index contributed by atoms with van der Waals surface area (Å²) in [6, 6.07) is 0.114. The van der Waals surface area contributed by atoms with Crippen LogP contribution < -0.4 is 5.32 Å². The van der Waals surface area contributed by atoms with E-state index in [2.05, 4.69) is 5.32 Å². The van der Waals surface area contributed by atoms with E-state index in [1.807, 2.05) is 13.8 Å². The maximum absolute atomic E-state index is 10.7. The molecule has 10 heavy (non-hydrogen) atoms. The summed E-state index contributed by atoms with van der Waals surface area (Å²) < 4.78 is 0. The van der Waals surface area contributed by atoms with E-state index in [1.54, 1.807) is 0 Å². The summed E-state index contributed by atoms with van der Waals surface area (Å²) in [5, 5.41) is 11.2. The number of amides is 1. The predicted molar refractivity (Wildman–Crippen MR) is 39.7 cm³/mol. The molecule has 0 aromatic carbocycles. The topological polar surface area (TPSA) is 49.3 Å². The largest absolute Gasteiger partial charge is 0.512 e. The fourth-order valence-corrected chi connectivity index (χ4v) is 0.516. The molecule has 3 nitrogen and oxygen atoms in total. The molecule has 0 spiro atoms. The molecule has 0 saturated carbocycles. The lowest BCUT2D eigenvalue weighted by atomic mass is 10.3. The van der Waals surface area contributed by atoms with Gasteiger partial charge in [-0.25, -0.2) is 0 Å². The molecule has 0 aromatic rings. The number of nitrogens with one attached hydrogen (secondary N) is 1. The zero-order valence-electron chi connectivity index (χ0n) is 6.51. The van der Waals surface area contributed by atoms with Crippen molar-refractivity contribution in [2.45, 2.75) is 26.8 Å². The Labute approximate surface area is 60.7 Å². The van der Waals surface area contributed by atoms with E-state index < -0.39 is 0 Å². The first-order valence-corrected chi connectivity index (χ1v) is 3.20. The predicted octanol–water partition coefficient (Wildman–Crippen LogP) is 0.973. The molecular weight excluding hydrogens is 130 g/mol. The molecular formula is C7H13NO2. The molecule has 0 atom stereocenters. The molecule has 0 saturated heterocycles. The first-order chi connectivity index (χ1) is 4.52. The molecule has 0 aliphatic rings. The smallest absolute Gasteiger partial charge is 0.247 e. The summed E-state index contributed by atoms with van der Waals surface area (Å²) >= 11 is 0. The monoisotopic (exact) mass is 143 g/mol. The molecule has 58 valence electrons. The van der Waals surface area contributed by atoms with Crippen LogP contribution in [0, 0.1) is 0 Å². The Morgan fingerprint density at radius 2 is 2.10 bits per heavy atom. The van der Waals surface area contributed by atoms with Crippen LogP contribution in [0.25, 0.3) is 0 Å². The van der Waals surface area contributed by atoms with Crippen molar-refractivity contribution in [3.05, 3.63) is 11.8 Å². The maximum Gasteiger partial charge on any atom is 0.247 e. The normalized spacial score (nSPS) is 11.8. The molecule has 0 radical (unpaired) electrons. The quantitative estimate of drug-likeness (QED) is 0.447. The Morgan fingerprint density at radius 1 is 1.60 bits per heavy atom. The molecule has 0 heterocycles. The van der Waals surface area contributed by atoms with Gasteiger partial charge in [-0.2, -0.15) is 0 Å². The van der Waals surface area contributed by atoms with Crippen LogP contribution >= 0.6 is 0 Å². The number of carbonyl (C=O) groups excluding carboxylic acids is 1. The standard InChI is InChI=1S/C7H13NO2/c1-5(2)8-7(10)4-6(3)9/h4-5,9H,1-3H3,(H,8,10)/b6-4-. The van der Waals surface area contributed by atoms with Crippen LogP contribution in [-0.4, -0.2) is 17.1 Å². The lowest BCUT2D eigenvalue weighted by Gasteiger charge is -2.03. The molecule has 0 fully saturated rings. The Bertz CT molecular complexity index is 146. The van der Waals surface area contributed by atoms with Crippen LogP contribution in [0.4, 0.5) is 0 Å². The highest BCUT2D eigenvalue weighted by molar-refractivity contribution is 5.87. The van der Waals surface area contributed by atoms with Crippen molar-refractivity contribution < 1.29 is 9.90 Å². The molecule has 3 heteroatoms. The van der Waals surface area contributed by atoms with Crippen LogP contribution in [0.15, 0.2) is 11.8 Å². The average molecular weight is 143 g/mol. The summed E-state index contributed by atoms with van der Waals surface area (Å²) in [6.07, 6.45) is 1.15. The highest BCUT2D eigenvalue weighted by atomic mass is 16.3. The number of allylic oxidation sites excluding steroid dienone is 1. The Balaban J connectivity index is 3.76.